The molecule has 0 spiro atoms. The van der Waals surface area contributed by atoms with Gasteiger partial charge in [0.1, 0.15) is 12.4 Å². The Morgan fingerprint density at radius 1 is 1.35 bits per heavy atom. The van der Waals surface area contributed by atoms with E-state index in [-0.39, 0.29) is 11.6 Å². The molecule has 0 aliphatic carbocycles. The molecule has 0 aliphatic heterocycles. The van der Waals surface area contributed by atoms with Gasteiger partial charge in [-0.05, 0) is 30.5 Å². The van der Waals surface area contributed by atoms with Gasteiger partial charge in [-0.2, -0.15) is 5.10 Å². The summed E-state index contributed by atoms with van der Waals surface area (Å²) in [5.74, 6) is -0.0411. The largest absolute Gasteiger partial charge is 0.356 e. The van der Waals surface area contributed by atoms with Crippen LogP contribution < -0.4 is 5.32 Å². The van der Waals surface area contributed by atoms with Crippen molar-refractivity contribution in [1.29, 1.82) is 0 Å². The molecule has 7 nitrogen and oxygen atoms in total. The lowest BCUT2D eigenvalue weighted by Gasteiger charge is -2.05. The first kappa shape index (κ1) is 17.0. The van der Waals surface area contributed by atoms with Crippen molar-refractivity contribution >= 4 is 23.2 Å². The molecular weight excluding hydrogens is 320 g/mol. The zero-order valence-electron chi connectivity index (χ0n) is 12.4. The summed E-state index contributed by atoms with van der Waals surface area (Å²) in [5.41, 5.74) is 1.07. The number of halogens is 1. The summed E-state index contributed by atoms with van der Waals surface area (Å²) in [6, 6.07) is 7.50. The highest BCUT2D eigenvalue weighted by Gasteiger charge is 2.08. The molecule has 0 atom stereocenters. The number of nitrogens with one attached hydrogen (secondary N) is 1. The number of hydrogen-bond acceptors (Lipinski definition) is 4. The summed E-state index contributed by atoms with van der Waals surface area (Å²) in [6.45, 7) is 1.03. The Morgan fingerprint density at radius 2 is 2.09 bits per heavy atom. The molecule has 1 amide bonds. The van der Waals surface area contributed by atoms with Gasteiger partial charge in [-0.15, -0.1) is 0 Å². The minimum atomic E-state index is -0.493. The van der Waals surface area contributed by atoms with E-state index in [9.17, 15) is 14.9 Å². The van der Waals surface area contributed by atoms with Crippen LogP contribution in [0.3, 0.4) is 0 Å². The van der Waals surface area contributed by atoms with Gasteiger partial charge in [-0.3, -0.25) is 19.6 Å². The maximum Gasteiger partial charge on any atom is 0.306 e. The van der Waals surface area contributed by atoms with E-state index in [0.29, 0.717) is 31.0 Å². The standard InChI is InChI=1S/C15H17ClN4O3/c16-13-5-3-12(4-6-13)7-8-17-15(21)2-1-9-19-11-14(10-18-19)20(22)23/h3-6,10-11H,1-2,7-9H2,(H,17,21). The topological polar surface area (TPSA) is 90.1 Å². The van der Waals surface area contributed by atoms with Gasteiger partial charge in [0.2, 0.25) is 5.91 Å². The minimum Gasteiger partial charge on any atom is -0.356 e. The van der Waals surface area contributed by atoms with Gasteiger partial charge in [0.05, 0.1) is 4.92 Å². The van der Waals surface area contributed by atoms with E-state index in [0.717, 1.165) is 12.0 Å². The lowest BCUT2D eigenvalue weighted by Crippen LogP contribution is -2.25. The van der Waals surface area contributed by atoms with Crippen molar-refractivity contribution in [3.63, 3.8) is 0 Å². The predicted molar refractivity (Wildman–Crippen MR) is 86.3 cm³/mol. The molecule has 2 aromatic rings. The van der Waals surface area contributed by atoms with Gasteiger partial charge in [-0.1, -0.05) is 23.7 Å². The number of aryl methyl sites for hydroxylation is 1. The SMILES string of the molecule is O=C(CCCn1cc([N+](=O)[O-])cn1)NCCc1ccc(Cl)cc1. The number of carbonyl (C=O) groups is 1. The van der Waals surface area contributed by atoms with Crippen LogP contribution in [-0.2, 0) is 17.8 Å². The molecule has 1 aromatic carbocycles. The van der Waals surface area contributed by atoms with Crippen molar-refractivity contribution in [2.24, 2.45) is 0 Å². The number of amides is 1. The number of nitrogens with zero attached hydrogens (tertiary/aromatic N) is 3. The van der Waals surface area contributed by atoms with Crippen LogP contribution in [-0.4, -0.2) is 27.2 Å². The number of hydrogen-bond donors (Lipinski definition) is 1. The molecule has 23 heavy (non-hydrogen) atoms. The van der Waals surface area contributed by atoms with Crippen molar-refractivity contribution in [3.05, 3.63) is 57.4 Å². The van der Waals surface area contributed by atoms with Crippen molar-refractivity contribution in [2.75, 3.05) is 6.54 Å². The molecule has 0 saturated carbocycles. The molecule has 0 fully saturated rings. The zero-order valence-corrected chi connectivity index (χ0v) is 13.2. The van der Waals surface area contributed by atoms with Crippen molar-refractivity contribution in [1.82, 2.24) is 15.1 Å². The highest BCUT2D eigenvalue weighted by Crippen LogP contribution is 2.10. The van der Waals surface area contributed by atoms with Crippen molar-refractivity contribution in [2.45, 2.75) is 25.8 Å². The van der Waals surface area contributed by atoms with Gasteiger partial charge < -0.3 is 5.32 Å². The quantitative estimate of drug-likeness (QED) is 0.592. The Bertz CT molecular complexity index is 670. The number of nitro groups is 1. The molecule has 1 aromatic heterocycles. The van der Waals surface area contributed by atoms with Crippen LogP contribution in [0, 0.1) is 10.1 Å². The third-order valence-electron chi connectivity index (χ3n) is 3.27. The average Bonchev–Trinajstić information content (AvgIpc) is 2.98. The lowest BCUT2D eigenvalue weighted by atomic mass is 10.1. The third kappa shape index (κ3) is 5.71. The monoisotopic (exact) mass is 336 g/mol. The van der Waals surface area contributed by atoms with Gasteiger partial charge in [0.25, 0.3) is 0 Å². The Labute approximate surface area is 138 Å². The average molecular weight is 337 g/mol. The van der Waals surface area contributed by atoms with Crippen LogP contribution in [0.25, 0.3) is 0 Å². The van der Waals surface area contributed by atoms with Gasteiger partial charge >= 0.3 is 5.69 Å². The summed E-state index contributed by atoms with van der Waals surface area (Å²) in [4.78, 5) is 21.8. The van der Waals surface area contributed by atoms with E-state index in [1.54, 1.807) is 0 Å². The second-order valence-electron chi connectivity index (χ2n) is 5.05. The summed E-state index contributed by atoms with van der Waals surface area (Å²) >= 11 is 5.81. The van der Waals surface area contributed by atoms with Crippen molar-refractivity contribution < 1.29 is 9.72 Å². The smallest absolute Gasteiger partial charge is 0.306 e. The zero-order chi connectivity index (χ0) is 16.7. The Morgan fingerprint density at radius 3 is 2.74 bits per heavy atom. The summed E-state index contributed by atoms with van der Waals surface area (Å²) in [7, 11) is 0. The van der Waals surface area contributed by atoms with Crippen LogP contribution in [0.5, 0.6) is 0 Å². The fraction of sp³-hybridized carbons (Fsp3) is 0.333. The van der Waals surface area contributed by atoms with Crippen LogP contribution in [0.4, 0.5) is 5.69 Å². The van der Waals surface area contributed by atoms with Crippen LogP contribution in [0.2, 0.25) is 5.02 Å². The summed E-state index contributed by atoms with van der Waals surface area (Å²) in [5, 5.41) is 17.9. The number of rotatable bonds is 8. The molecule has 1 heterocycles. The van der Waals surface area contributed by atoms with E-state index >= 15 is 0 Å². The Kier molecular flexibility index (Phi) is 6.10. The molecule has 1 N–H and O–H groups in total. The minimum absolute atomic E-state index is 0.0411. The van der Waals surface area contributed by atoms with Crippen LogP contribution >= 0.6 is 11.6 Å². The highest BCUT2D eigenvalue weighted by atomic mass is 35.5. The molecule has 0 radical (unpaired) electrons. The molecule has 122 valence electrons. The fourth-order valence-electron chi connectivity index (χ4n) is 2.06. The first-order valence-corrected chi connectivity index (χ1v) is 7.60. The van der Waals surface area contributed by atoms with Gasteiger partial charge in [-0.25, -0.2) is 0 Å². The Hall–Kier alpha value is -2.41. The second-order valence-corrected chi connectivity index (χ2v) is 5.49. The number of carbonyl (C=O) groups excluding carboxylic acids is 1. The first-order valence-electron chi connectivity index (χ1n) is 7.22. The Balaban J connectivity index is 1.63. The normalized spacial score (nSPS) is 10.5. The van der Waals surface area contributed by atoms with Crippen molar-refractivity contribution in [3.8, 4) is 0 Å². The van der Waals surface area contributed by atoms with Crippen LogP contribution in [0.15, 0.2) is 36.7 Å². The second kappa shape index (κ2) is 8.28. The molecule has 0 bridgehead atoms. The number of aromatic nitrogens is 2. The molecule has 2 rings (SSSR count). The maximum atomic E-state index is 11.7. The fourth-order valence-corrected chi connectivity index (χ4v) is 2.18. The molecule has 8 heteroatoms. The molecule has 0 unspecified atom stereocenters. The predicted octanol–water partition coefficient (Wildman–Crippen LogP) is 2.58. The van der Waals surface area contributed by atoms with E-state index in [2.05, 4.69) is 10.4 Å². The van der Waals surface area contributed by atoms with E-state index in [4.69, 9.17) is 11.6 Å². The van der Waals surface area contributed by atoms with E-state index in [1.165, 1.54) is 17.1 Å². The maximum absolute atomic E-state index is 11.7. The van der Waals surface area contributed by atoms with Gasteiger partial charge in [0.15, 0.2) is 0 Å². The highest BCUT2D eigenvalue weighted by molar-refractivity contribution is 6.30. The van der Waals surface area contributed by atoms with E-state index in [1.807, 2.05) is 24.3 Å². The van der Waals surface area contributed by atoms with E-state index < -0.39 is 4.92 Å². The molecule has 0 aliphatic rings. The molecular formula is C15H17ClN4O3. The van der Waals surface area contributed by atoms with Crippen LogP contribution in [0.1, 0.15) is 18.4 Å². The van der Waals surface area contributed by atoms with Gasteiger partial charge in [0, 0.05) is 24.5 Å². The summed E-state index contributed by atoms with van der Waals surface area (Å²) < 4.78 is 1.47. The molecule has 0 saturated heterocycles. The summed E-state index contributed by atoms with van der Waals surface area (Å²) in [6.07, 6.45) is 4.23. The lowest BCUT2D eigenvalue weighted by molar-refractivity contribution is -0.385. The number of benzene rings is 1. The third-order valence-corrected chi connectivity index (χ3v) is 3.52. The first-order chi connectivity index (χ1) is 11.0.